The molecule has 0 spiro atoms. The molecule has 1 saturated heterocycles. The maximum atomic E-state index is 13.2. The van der Waals surface area contributed by atoms with Gasteiger partial charge in [-0.2, -0.15) is 5.10 Å². The number of benzene rings is 2. The molecule has 1 fully saturated rings. The van der Waals surface area contributed by atoms with Gasteiger partial charge in [0.15, 0.2) is 0 Å². The van der Waals surface area contributed by atoms with Gasteiger partial charge in [0, 0.05) is 36.0 Å². The standard InChI is InChI=1S/C24H29ClN4O3S/c1-2-33(31,32)26-13-15-28-14-5-6-20(28)17-29-24(30)22-8-4-3-7-21(22)23(27-29)16-18-9-11-19(25)12-10-18/h3-4,7-12,20,26H,2,5-6,13-17H2,1H3/t20-/m1/s1. The predicted octanol–water partition coefficient (Wildman–Crippen LogP) is 3.04. The lowest BCUT2D eigenvalue weighted by molar-refractivity contribution is 0.228. The third kappa shape index (κ3) is 5.81. The first kappa shape index (κ1) is 23.9. The third-order valence-electron chi connectivity index (χ3n) is 6.21. The minimum Gasteiger partial charge on any atom is -0.297 e. The van der Waals surface area contributed by atoms with E-state index in [0.29, 0.717) is 36.5 Å². The molecule has 0 bridgehead atoms. The Balaban J connectivity index is 1.57. The molecule has 0 unspecified atom stereocenters. The van der Waals surface area contributed by atoms with Crippen LogP contribution in [0.5, 0.6) is 0 Å². The van der Waals surface area contributed by atoms with Gasteiger partial charge in [0.25, 0.3) is 5.56 Å². The van der Waals surface area contributed by atoms with Crippen molar-refractivity contribution in [3.05, 3.63) is 75.2 Å². The second-order valence-electron chi connectivity index (χ2n) is 8.41. The van der Waals surface area contributed by atoms with E-state index in [-0.39, 0.29) is 17.4 Å². The zero-order chi connectivity index (χ0) is 23.4. The second kappa shape index (κ2) is 10.3. The second-order valence-corrected chi connectivity index (χ2v) is 10.9. The van der Waals surface area contributed by atoms with Gasteiger partial charge in [0.2, 0.25) is 10.0 Å². The van der Waals surface area contributed by atoms with E-state index in [2.05, 4.69) is 9.62 Å². The molecule has 33 heavy (non-hydrogen) atoms. The molecule has 1 N–H and O–H groups in total. The van der Waals surface area contributed by atoms with Crippen molar-refractivity contribution in [2.45, 2.75) is 38.8 Å². The molecule has 7 nitrogen and oxygen atoms in total. The van der Waals surface area contributed by atoms with Gasteiger partial charge >= 0.3 is 0 Å². The maximum absolute atomic E-state index is 13.2. The van der Waals surface area contributed by atoms with E-state index in [1.807, 2.05) is 48.5 Å². The van der Waals surface area contributed by atoms with Crippen LogP contribution in [0.3, 0.4) is 0 Å². The van der Waals surface area contributed by atoms with Crippen LogP contribution in [-0.2, 0) is 23.0 Å². The molecule has 0 saturated carbocycles. The summed E-state index contributed by atoms with van der Waals surface area (Å²) in [5.74, 6) is 0.0726. The molecule has 2 aromatic carbocycles. The Morgan fingerprint density at radius 1 is 1.12 bits per heavy atom. The highest BCUT2D eigenvalue weighted by Gasteiger charge is 2.26. The van der Waals surface area contributed by atoms with Gasteiger partial charge in [-0.25, -0.2) is 17.8 Å². The summed E-state index contributed by atoms with van der Waals surface area (Å²) >= 11 is 6.03. The lowest BCUT2D eigenvalue weighted by atomic mass is 10.0. The summed E-state index contributed by atoms with van der Waals surface area (Å²) in [6.07, 6.45) is 2.57. The van der Waals surface area contributed by atoms with Gasteiger partial charge in [-0.15, -0.1) is 0 Å². The lowest BCUT2D eigenvalue weighted by Crippen LogP contribution is -2.41. The first-order chi connectivity index (χ1) is 15.9. The molecule has 1 aliphatic heterocycles. The molecular formula is C24H29ClN4O3S. The molecule has 1 aliphatic rings. The molecule has 0 radical (unpaired) electrons. The number of rotatable bonds is 9. The van der Waals surface area contributed by atoms with Crippen molar-refractivity contribution in [3.63, 3.8) is 0 Å². The topological polar surface area (TPSA) is 84.3 Å². The molecular weight excluding hydrogens is 460 g/mol. The Morgan fingerprint density at radius 3 is 2.58 bits per heavy atom. The quantitative estimate of drug-likeness (QED) is 0.500. The van der Waals surface area contributed by atoms with Gasteiger partial charge in [-0.05, 0) is 50.1 Å². The SMILES string of the molecule is CCS(=O)(=O)NCCN1CCC[C@@H]1Cn1nc(Cc2ccc(Cl)cc2)c2ccccc2c1=O. The largest absolute Gasteiger partial charge is 0.297 e. The summed E-state index contributed by atoms with van der Waals surface area (Å²) in [7, 11) is -3.21. The highest BCUT2D eigenvalue weighted by Crippen LogP contribution is 2.21. The highest BCUT2D eigenvalue weighted by molar-refractivity contribution is 7.89. The van der Waals surface area contributed by atoms with Crippen molar-refractivity contribution in [3.8, 4) is 0 Å². The van der Waals surface area contributed by atoms with Crippen LogP contribution in [0, 0.1) is 0 Å². The molecule has 3 aromatic rings. The Bertz CT molecular complexity index is 1280. The number of nitrogens with one attached hydrogen (secondary N) is 1. The maximum Gasteiger partial charge on any atom is 0.274 e. The summed E-state index contributed by atoms with van der Waals surface area (Å²) < 4.78 is 27.7. The van der Waals surface area contributed by atoms with Crippen LogP contribution in [0.2, 0.25) is 5.02 Å². The fourth-order valence-electron chi connectivity index (χ4n) is 4.40. The number of likely N-dealkylation sites (tertiary alicyclic amines) is 1. The predicted molar refractivity (Wildman–Crippen MR) is 132 cm³/mol. The number of nitrogens with zero attached hydrogens (tertiary/aromatic N) is 3. The summed E-state index contributed by atoms with van der Waals surface area (Å²) in [5.41, 5.74) is 1.84. The van der Waals surface area contributed by atoms with E-state index in [0.717, 1.165) is 36.0 Å². The van der Waals surface area contributed by atoms with Crippen molar-refractivity contribution >= 4 is 32.4 Å². The molecule has 0 aliphatic carbocycles. The van der Waals surface area contributed by atoms with E-state index >= 15 is 0 Å². The molecule has 9 heteroatoms. The van der Waals surface area contributed by atoms with Crippen LogP contribution in [0.1, 0.15) is 31.0 Å². The van der Waals surface area contributed by atoms with Crippen molar-refractivity contribution < 1.29 is 8.42 Å². The zero-order valence-electron chi connectivity index (χ0n) is 18.7. The average Bonchev–Trinajstić information content (AvgIpc) is 3.25. The summed E-state index contributed by atoms with van der Waals surface area (Å²) in [4.78, 5) is 15.5. The molecule has 1 aromatic heterocycles. The fourth-order valence-corrected chi connectivity index (χ4v) is 5.13. The Hall–Kier alpha value is -2.26. The summed E-state index contributed by atoms with van der Waals surface area (Å²) in [5, 5.41) is 7.00. The van der Waals surface area contributed by atoms with E-state index < -0.39 is 10.0 Å². The molecule has 176 valence electrons. The summed E-state index contributed by atoms with van der Waals surface area (Å²) in [6, 6.07) is 15.4. The first-order valence-corrected chi connectivity index (χ1v) is 13.3. The van der Waals surface area contributed by atoms with Gasteiger partial charge < -0.3 is 0 Å². The van der Waals surface area contributed by atoms with E-state index in [1.54, 1.807) is 11.6 Å². The molecule has 0 amide bonds. The van der Waals surface area contributed by atoms with Crippen molar-refractivity contribution in [2.24, 2.45) is 0 Å². The molecule has 1 atom stereocenters. The van der Waals surface area contributed by atoms with Crippen molar-refractivity contribution in [2.75, 3.05) is 25.4 Å². The molecule has 4 rings (SSSR count). The average molecular weight is 489 g/mol. The number of hydrogen-bond donors (Lipinski definition) is 1. The number of hydrogen-bond acceptors (Lipinski definition) is 5. The zero-order valence-corrected chi connectivity index (χ0v) is 20.3. The third-order valence-corrected chi connectivity index (χ3v) is 7.87. The van der Waals surface area contributed by atoms with Crippen molar-refractivity contribution in [1.29, 1.82) is 0 Å². The number of halogens is 1. The normalized spacial score (nSPS) is 17.1. The van der Waals surface area contributed by atoms with E-state index in [9.17, 15) is 13.2 Å². The smallest absolute Gasteiger partial charge is 0.274 e. The van der Waals surface area contributed by atoms with Gasteiger partial charge in [0.05, 0.1) is 23.4 Å². The van der Waals surface area contributed by atoms with Gasteiger partial charge in [-0.3, -0.25) is 9.69 Å². The summed E-state index contributed by atoms with van der Waals surface area (Å²) in [6.45, 7) is 3.98. The lowest BCUT2D eigenvalue weighted by Gasteiger charge is -2.25. The minimum absolute atomic E-state index is 0.0726. The first-order valence-electron chi connectivity index (χ1n) is 11.3. The Labute approximate surface area is 199 Å². The van der Waals surface area contributed by atoms with E-state index in [4.69, 9.17) is 16.7 Å². The van der Waals surface area contributed by atoms with Crippen LogP contribution < -0.4 is 10.3 Å². The highest BCUT2D eigenvalue weighted by atomic mass is 35.5. The van der Waals surface area contributed by atoms with Gasteiger partial charge in [-0.1, -0.05) is 41.9 Å². The number of aromatic nitrogens is 2. The van der Waals surface area contributed by atoms with Crippen LogP contribution in [0.25, 0.3) is 10.8 Å². The number of fused-ring (bicyclic) bond motifs is 1. The monoisotopic (exact) mass is 488 g/mol. The van der Waals surface area contributed by atoms with E-state index in [1.165, 1.54) is 0 Å². The Kier molecular flexibility index (Phi) is 7.48. The Morgan fingerprint density at radius 2 is 1.85 bits per heavy atom. The van der Waals surface area contributed by atoms with Crippen LogP contribution in [-0.4, -0.2) is 54.5 Å². The number of sulfonamides is 1. The van der Waals surface area contributed by atoms with Crippen LogP contribution >= 0.6 is 11.6 Å². The van der Waals surface area contributed by atoms with Crippen LogP contribution in [0.15, 0.2) is 53.3 Å². The molecule has 2 heterocycles. The minimum atomic E-state index is -3.21. The van der Waals surface area contributed by atoms with Crippen LogP contribution in [0.4, 0.5) is 0 Å². The van der Waals surface area contributed by atoms with Gasteiger partial charge in [0.1, 0.15) is 0 Å². The fraction of sp³-hybridized carbons (Fsp3) is 0.417. The van der Waals surface area contributed by atoms with Crippen molar-refractivity contribution in [1.82, 2.24) is 19.4 Å².